The van der Waals surface area contributed by atoms with Gasteiger partial charge >= 0.3 is 5.97 Å². The van der Waals surface area contributed by atoms with Gasteiger partial charge in [0.2, 0.25) is 5.91 Å². The van der Waals surface area contributed by atoms with E-state index >= 15 is 0 Å². The van der Waals surface area contributed by atoms with E-state index in [1.807, 2.05) is 24.3 Å². The molecule has 1 aliphatic carbocycles. The Balaban J connectivity index is 1.76. The van der Waals surface area contributed by atoms with Crippen LogP contribution in [0.4, 0.5) is 0 Å². The van der Waals surface area contributed by atoms with Crippen LogP contribution in [0.5, 0.6) is 0 Å². The second-order valence-electron chi connectivity index (χ2n) is 5.21. The van der Waals surface area contributed by atoms with Crippen molar-refractivity contribution in [3.63, 3.8) is 0 Å². The minimum absolute atomic E-state index is 0.0390. The van der Waals surface area contributed by atoms with Gasteiger partial charge in [-0.2, -0.15) is 0 Å². The van der Waals surface area contributed by atoms with Gasteiger partial charge in [-0.25, -0.2) is 0 Å². The molecule has 5 heteroatoms. The molecule has 2 rings (SSSR count). The Morgan fingerprint density at radius 1 is 1.30 bits per heavy atom. The summed E-state index contributed by atoms with van der Waals surface area (Å²) in [5.74, 6) is -0.102. The van der Waals surface area contributed by atoms with Crippen molar-refractivity contribution in [2.45, 2.75) is 18.8 Å². The number of ether oxygens (including phenoxy) is 1. The zero-order valence-electron chi connectivity index (χ0n) is 11.6. The molecular weight excluding hydrogens is 278 g/mol. The zero-order valence-corrected chi connectivity index (χ0v) is 12.4. The second kappa shape index (κ2) is 6.27. The van der Waals surface area contributed by atoms with Crippen LogP contribution in [0.2, 0.25) is 5.02 Å². The van der Waals surface area contributed by atoms with Gasteiger partial charge in [0, 0.05) is 19.1 Å². The summed E-state index contributed by atoms with van der Waals surface area (Å²) in [5, 5.41) is 0.690. The van der Waals surface area contributed by atoms with Crippen molar-refractivity contribution in [3.05, 3.63) is 34.9 Å². The molecule has 1 aliphatic rings. The maximum absolute atomic E-state index is 11.8. The minimum Gasteiger partial charge on any atom is -0.465 e. The lowest BCUT2D eigenvalue weighted by molar-refractivity contribution is -0.146. The minimum atomic E-state index is -0.212. The van der Waals surface area contributed by atoms with Crippen molar-refractivity contribution in [1.29, 1.82) is 0 Å². The predicted octanol–water partition coefficient (Wildman–Crippen LogP) is 2.47. The number of benzene rings is 1. The van der Waals surface area contributed by atoms with Gasteiger partial charge in [0.05, 0.1) is 12.3 Å². The number of halogens is 1. The topological polar surface area (TPSA) is 46.6 Å². The SMILES string of the molecule is CN(C)C(=O)CCOC(=O)[C@H]1C[C@@H]1c1ccc(Cl)cc1. The van der Waals surface area contributed by atoms with Crippen LogP contribution in [0.25, 0.3) is 0 Å². The lowest BCUT2D eigenvalue weighted by Gasteiger charge is -2.10. The summed E-state index contributed by atoms with van der Waals surface area (Å²) in [5.41, 5.74) is 1.11. The summed E-state index contributed by atoms with van der Waals surface area (Å²) < 4.78 is 5.15. The van der Waals surface area contributed by atoms with Crippen molar-refractivity contribution in [2.24, 2.45) is 5.92 Å². The standard InChI is InChI=1S/C15H18ClNO3/c1-17(2)14(18)7-8-20-15(19)13-9-12(13)10-3-5-11(16)6-4-10/h3-6,12-13H,7-9H2,1-2H3/t12-,13+/m1/s1. The van der Waals surface area contributed by atoms with Crippen LogP contribution in [0.15, 0.2) is 24.3 Å². The first-order valence-corrected chi connectivity index (χ1v) is 6.99. The fraction of sp³-hybridized carbons (Fsp3) is 0.467. The van der Waals surface area contributed by atoms with Gasteiger partial charge in [-0.1, -0.05) is 23.7 Å². The Labute approximate surface area is 123 Å². The van der Waals surface area contributed by atoms with Crippen LogP contribution < -0.4 is 0 Å². The molecule has 0 N–H and O–H groups in total. The molecule has 0 spiro atoms. The summed E-state index contributed by atoms with van der Waals surface area (Å²) in [7, 11) is 3.36. The molecule has 0 saturated heterocycles. The maximum Gasteiger partial charge on any atom is 0.309 e. The Morgan fingerprint density at radius 2 is 1.95 bits per heavy atom. The summed E-state index contributed by atoms with van der Waals surface area (Å²) in [6.45, 7) is 0.152. The highest BCUT2D eigenvalue weighted by molar-refractivity contribution is 6.30. The normalized spacial score (nSPS) is 20.4. The van der Waals surface area contributed by atoms with E-state index < -0.39 is 0 Å². The van der Waals surface area contributed by atoms with Crippen molar-refractivity contribution in [3.8, 4) is 0 Å². The number of esters is 1. The molecular formula is C15H18ClNO3. The van der Waals surface area contributed by atoms with Crippen molar-refractivity contribution < 1.29 is 14.3 Å². The van der Waals surface area contributed by atoms with Crippen LogP contribution in [0.1, 0.15) is 24.3 Å². The van der Waals surface area contributed by atoms with E-state index in [1.165, 1.54) is 4.90 Å². The van der Waals surface area contributed by atoms with E-state index in [4.69, 9.17) is 16.3 Å². The van der Waals surface area contributed by atoms with Crippen LogP contribution in [0, 0.1) is 5.92 Å². The van der Waals surface area contributed by atoms with Crippen LogP contribution in [0.3, 0.4) is 0 Å². The van der Waals surface area contributed by atoms with Crippen molar-refractivity contribution >= 4 is 23.5 Å². The summed E-state index contributed by atoms with van der Waals surface area (Å²) in [4.78, 5) is 24.7. The molecule has 0 unspecified atom stereocenters. The fourth-order valence-corrected chi connectivity index (χ4v) is 2.23. The number of amides is 1. The highest BCUT2D eigenvalue weighted by atomic mass is 35.5. The molecule has 0 aromatic heterocycles. The largest absolute Gasteiger partial charge is 0.465 e. The van der Waals surface area contributed by atoms with E-state index in [9.17, 15) is 9.59 Å². The van der Waals surface area contributed by atoms with Gasteiger partial charge in [-0.05, 0) is 30.0 Å². The first-order chi connectivity index (χ1) is 9.49. The van der Waals surface area contributed by atoms with E-state index in [-0.39, 0.29) is 36.7 Å². The van der Waals surface area contributed by atoms with Crippen LogP contribution >= 0.6 is 11.6 Å². The fourth-order valence-electron chi connectivity index (χ4n) is 2.10. The lowest BCUT2D eigenvalue weighted by Crippen LogP contribution is -2.23. The van der Waals surface area contributed by atoms with Crippen molar-refractivity contribution in [2.75, 3.05) is 20.7 Å². The van der Waals surface area contributed by atoms with Gasteiger partial charge in [0.15, 0.2) is 0 Å². The lowest BCUT2D eigenvalue weighted by atomic mass is 10.1. The zero-order chi connectivity index (χ0) is 14.7. The summed E-state index contributed by atoms with van der Waals surface area (Å²) >= 11 is 5.83. The smallest absolute Gasteiger partial charge is 0.309 e. The number of hydrogen-bond acceptors (Lipinski definition) is 3. The number of nitrogens with zero attached hydrogens (tertiary/aromatic N) is 1. The predicted molar refractivity (Wildman–Crippen MR) is 76.6 cm³/mol. The average Bonchev–Trinajstić information content (AvgIpc) is 3.19. The quantitative estimate of drug-likeness (QED) is 0.784. The molecule has 1 fully saturated rings. The van der Waals surface area contributed by atoms with E-state index in [1.54, 1.807) is 14.1 Å². The highest BCUT2D eigenvalue weighted by Gasteiger charge is 2.45. The molecule has 1 aromatic carbocycles. The summed E-state index contributed by atoms with van der Waals surface area (Å²) in [6, 6.07) is 7.53. The molecule has 0 bridgehead atoms. The third kappa shape index (κ3) is 3.73. The van der Waals surface area contributed by atoms with Gasteiger partial charge < -0.3 is 9.64 Å². The Bertz CT molecular complexity index is 498. The van der Waals surface area contributed by atoms with Crippen LogP contribution in [-0.4, -0.2) is 37.5 Å². The highest BCUT2D eigenvalue weighted by Crippen LogP contribution is 2.48. The molecule has 1 amide bonds. The molecule has 108 valence electrons. The number of rotatable bonds is 5. The molecule has 1 saturated carbocycles. The van der Waals surface area contributed by atoms with Crippen LogP contribution in [-0.2, 0) is 14.3 Å². The molecule has 0 aliphatic heterocycles. The number of carbonyl (C=O) groups excluding carboxylic acids is 2. The Kier molecular flexibility index (Phi) is 4.65. The Morgan fingerprint density at radius 3 is 2.55 bits per heavy atom. The van der Waals surface area contributed by atoms with Gasteiger partial charge in [0.25, 0.3) is 0 Å². The first kappa shape index (κ1) is 14.9. The maximum atomic E-state index is 11.8. The third-order valence-corrected chi connectivity index (χ3v) is 3.70. The van der Waals surface area contributed by atoms with Gasteiger partial charge in [0.1, 0.15) is 6.61 Å². The molecule has 2 atom stereocenters. The van der Waals surface area contributed by atoms with Gasteiger partial charge in [-0.3, -0.25) is 9.59 Å². The summed E-state index contributed by atoms with van der Waals surface area (Å²) in [6.07, 6.45) is 1.04. The first-order valence-electron chi connectivity index (χ1n) is 6.61. The number of carbonyl (C=O) groups is 2. The van der Waals surface area contributed by atoms with E-state index in [2.05, 4.69) is 0 Å². The molecule has 0 radical (unpaired) electrons. The monoisotopic (exact) mass is 295 g/mol. The molecule has 20 heavy (non-hydrogen) atoms. The van der Waals surface area contributed by atoms with Crippen molar-refractivity contribution in [1.82, 2.24) is 4.90 Å². The van der Waals surface area contributed by atoms with E-state index in [0.717, 1.165) is 12.0 Å². The Hall–Kier alpha value is -1.55. The molecule has 1 aromatic rings. The number of hydrogen-bond donors (Lipinski definition) is 0. The molecule has 4 nitrogen and oxygen atoms in total. The van der Waals surface area contributed by atoms with E-state index in [0.29, 0.717) is 5.02 Å². The molecule has 0 heterocycles. The van der Waals surface area contributed by atoms with Gasteiger partial charge in [-0.15, -0.1) is 0 Å². The second-order valence-corrected chi connectivity index (χ2v) is 5.64. The average molecular weight is 296 g/mol. The third-order valence-electron chi connectivity index (χ3n) is 3.45.